The van der Waals surface area contributed by atoms with Crippen LogP contribution in [0.25, 0.3) is 0 Å². The van der Waals surface area contributed by atoms with Gasteiger partial charge < -0.3 is 10.0 Å². The molecule has 0 aliphatic rings. The standard InChI is InChI=1S/C6H13NO2/c1-6(7(2)9)4-3-5-8/h5-6,9H,3-4H2,1-2H3. The summed E-state index contributed by atoms with van der Waals surface area (Å²) >= 11 is 0. The molecule has 1 atom stereocenters. The number of nitrogens with zero attached hydrogens (tertiary/aromatic N) is 1. The van der Waals surface area contributed by atoms with Gasteiger partial charge in [-0.25, -0.2) is 0 Å². The van der Waals surface area contributed by atoms with Crippen LogP contribution in [0.2, 0.25) is 0 Å². The van der Waals surface area contributed by atoms with Gasteiger partial charge in [-0.2, -0.15) is 5.06 Å². The molecule has 0 aromatic carbocycles. The van der Waals surface area contributed by atoms with Gasteiger partial charge in [0.1, 0.15) is 6.29 Å². The van der Waals surface area contributed by atoms with Gasteiger partial charge in [0, 0.05) is 19.5 Å². The van der Waals surface area contributed by atoms with E-state index >= 15 is 0 Å². The molecular weight excluding hydrogens is 118 g/mol. The van der Waals surface area contributed by atoms with Crippen molar-refractivity contribution < 1.29 is 10.0 Å². The number of hydroxylamine groups is 2. The molecule has 0 heterocycles. The third-order valence-corrected chi connectivity index (χ3v) is 1.34. The third-order valence-electron chi connectivity index (χ3n) is 1.34. The summed E-state index contributed by atoms with van der Waals surface area (Å²) in [6.07, 6.45) is 2.10. The normalized spacial score (nSPS) is 13.8. The van der Waals surface area contributed by atoms with Crippen LogP contribution < -0.4 is 0 Å². The summed E-state index contributed by atoms with van der Waals surface area (Å²) in [5.41, 5.74) is 0. The number of carbonyl (C=O) groups is 1. The molecule has 0 aliphatic carbocycles. The van der Waals surface area contributed by atoms with E-state index in [1.54, 1.807) is 7.05 Å². The van der Waals surface area contributed by atoms with Gasteiger partial charge in [-0.3, -0.25) is 0 Å². The van der Waals surface area contributed by atoms with Crippen LogP contribution in [0.4, 0.5) is 0 Å². The number of hydrogen-bond acceptors (Lipinski definition) is 3. The smallest absolute Gasteiger partial charge is 0.120 e. The molecule has 3 nitrogen and oxygen atoms in total. The quantitative estimate of drug-likeness (QED) is 0.450. The number of aldehydes is 1. The minimum Gasteiger partial charge on any atom is -0.314 e. The van der Waals surface area contributed by atoms with Crippen molar-refractivity contribution in [3.8, 4) is 0 Å². The Balaban J connectivity index is 3.26. The second-order valence-corrected chi connectivity index (χ2v) is 2.17. The van der Waals surface area contributed by atoms with Crippen molar-refractivity contribution in [1.29, 1.82) is 0 Å². The van der Waals surface area contributed by atoms with E-state index in [-0.39, 0.29) is 6.04 Å². The molecule has 0 amide bonds. The van der Waals surface area contributed by atoms with Crippen molar-refractivity contribution in [2.45, 2.75) is 25.8 Å². The summed E-state index contributed by atoms with van der Waals surface area (Å²) in [5.74, 6) is 0. The van der Waals surface area contributed by atoms with Crippen molar-refractivity contribution in [3.63, 3.8) is 0 Å². The van der Waals surface area contributed by atoms with Crippen LogP contribution in [-0.4, -0.2) is 29.6 Å². The van der Waals surface area contributed by atoms with E-state index in [1.807, 2.05) is 6.92 Å². The predicted molar refractivity (Wildman–Crippen MR) is 34.3 cm³/mol. The maximum absolute atomic E-state index is 9.83. The molecule has 0 spiro atoms. The third kappa shape index (κ3) is 4.12. The van der Waals surface area contributed by atoms with Crippen LogP contribution >= 0.6 is 0 Å². The summed E-state index contributed by atoms with van der Waals surface area (Å²) in [7, 11) is 1.58. The zero-order valence-electron chi connectivity index (χ0n) is 5.87. The molecule has 0 saturated carbocycles. The fraction of sp³-hybridized carbons (Fsp3) is 0.833. The first-order valence-electron chi connectivity index (χ1n) is 3.03. The molecule has 0 bridgehead atoms. The molecule has 0 aromatic rings. The van der Waals surface area contributed by atoms with E-state index in [4.69, 9.17) is 5.21 Å². The fourth-order valence-electron chi connectivity index (χ4n) is 0.496. The molecule has 1 unspecified atom stereocenters. The molecule has 54 valence electrons. The fourth-order valence-corrected chi connectivity index (χ4v) is 0.496. The van der Waals surface area contributed by atoms with Gasteiger partial charge in [-0.05, 0) is 13.3 Å². The monoisotopic (exact) mass is 131 g/mol. The Morgan fingerprint density at radius 2 is 2.33 bits per heavy atom. The van der Waals surface area contributed by atoms with Gasteiger partial charge in [0.05, 0.1) is 0 Å². The molecule has 0 rings (SSSR count). The Morgan fingerprint density at radius 3 is 2.67 bits per heavy atom. The second kappa shape index (κ2) is 4.47. The minimum absolute atomic E-state index is 0.0789. The summed E-state index contributed by atoms with van der Waals surface area (Å²) in [6, 6.07) is 0.0789. The minimum atomic E-state index is 0.0789. The van der Waals surface area contributed by atoms with E-state index < -0.39 is 0 Å². The summed E-state index contributed by atoms with van der Waals surface area (Å²) in [5, 5.41) is 9.88. The molecule has 0 fully saturated rings. The maximum atomic E-state index is 9.83. The first kappa shape index (κ1) is 8.59. The van der Waals surface area contributed by atoms with E-state index in [0.717, 1.165) is 17.8 Å². The zero-order chi connectivity index (χ0) is 7.28. The van der Waals surface area contributed by atoms with E-state index in [1.165, 1.54) is 0 Å². The topological polar surface area (TPSA) is 40.5 Å². The van der Waals surface area contributed by atoms with Crippen molar-refractivity contribution in [1.82, 2.24) is 5.06 Å². The van der Waals surface area contributed by atoms with Gasteiger partial charge in [-0.15, -0.1) is 0 Å². The van der Waals surface area contributed by atoms with E-state index in [9.17, 15) is 4.79 Å². The Hall–Kier alpha value is -0.410. The van der Waals surface area contributed by atoms with Crippen molar-refractivity contribution >= 4 is 6.29 Å². The van der Waals surface area contributed by atoms with Gasteiger partial charge in [0.25, 0.3) is 0 Å². The van der Waals surface area contributed by atoms with Crippen molar-refractivity contribution in [2.75, 3.05) is 7.05 Å². The van der Waals surface area contributed by atoms with Gasteiger partial charge in [-0.1, -0.05) is 0 Å². The lowest BCUT2D eigenvalue weighted by Crippen LogP contribution is -2.25. The van der Waals surface area contributed by atoms with Crippen LogP contribution in [0.3, 0.4) is 0 Å². The summed E-state index contributed by atoms with van der Waals surface area (Å²) in [4.78, 5) is 9.83. The highest BCUT2D eigenvalue weighted by Gasteiger charge is 2.03. The molecule has 0 saturated heterocycles. The van der Waals surface area contributed by atoms with Crippen molar-refractivity contribution in [2.24, 2.45) is 0 Å². The molecule has 3 heteroatoms. The maximum Gasteiger partial charge on any atom is 0.120 e. The second-order valence-electron chi connectivity index (χ2n) is 2.17. The highest BCUT2D eigenvalue weighted by Crippen LogP contribution is 1.98. The predicted octanol–water partition coefficient (Wildman–Crippen LogP) is 0.675. The highest BCUT2D eigenvalue weighted by atomic mass is 16.5. The Labute approximate surface area is 55.2 Å². The van der Waals surface area contributed by atoms with Crippen LogP contribution in [0.5, 0.6) is 0 Å². The van der Waals surface area contributed by atoms with Crippen LogP contribution in [0, 0.1) is 0 Å². The Kier molecular flexibility index (Phi) is 4.26. The molecule has 9 heavy (non-hydrogen) atoms. The van der Waals surface area contributed by atoms with Gasteiger partial charge >= 0.3 is 0 Å². The number of carbonyl (C=O) groups excluding carboxylic acids is 1. The molecular formula is C6H13NO2. The highest BCUT2D eigenvalue weighted by molar-refractivity contribution is 5.49. The summed E-state index contributed by atoms with van der Waals surface area (Å²) < 4.78 is 0. The first-order chi connectivity index (χ1) is 4.18. The average molecular weight is 131 g/mol. The van der Waals surface area contributed by atoms with Gasteiger partial charge in [0.15, 0.2) is 0 Å². The lowest BCUT2D eigenvalue weighted by Gasteiger charge is -2.15. The SMILES string of the molecule is CC(CCC=O)N(C)O. The van der Waals surface area contributed by atoms with E-state index in [0.29, 0.717) is 6.42 Å². The Morgan fingerprint density at radius 1 is 1.78 bits per heavy atom. The average Bonchev–Trinajstić information content (AvgIpc) is 1.82. The lowest BCUT2D eigenvalue weighted by atomic mass is 10.2. The Bertz CT molecular complexity index is 83.1. The molecule has 0 radical (unpaired) electrons. The van der Waals surface area contributed by atoms with E-state index in [2.05, 4.69) is 0 Å². The number of rotatable bonds is 4. The summed E-state index contributed by atoms with van der Waals surface area (Å²) in [6.45, 7) is 1.86. The van der Waals surface area contributed by atoms with Gasteiger partial charge in [0.2, 0.25) is 0 Å². The number of hydrogen-bond donors (Lipinski definition) is 1. The van der Waals surface area contributed by atoms with Crippen molar-refractivity contribution in [3.05, 3.63) is 0 Å². The molecule has 0 aromatic heterocycles. The van der Waals surface area contributed by atoms with Crippen LogP contribution in [0.15, 0.2) is 0 Å². The first-order valence-corrected chi connectivity index (χ1v) is 3.03. The molecule has 1 N–H and O–H groups in total. The lowest BCUT2D eigenvalue weighted by molar-refractivity contribution is -0.112. The zero-order valence-corrected chi connectivity index (χ0v) is 5.87. The van der Waals surface area contributed by atoms with Crippen LogP contribution in [-0.2, 0) is 4.79 Å². The molecule has 0 aliphatic heterocycles. The van der Waals surface area contributed by atoms with Crippen LogP contribution in [0.1, 0.15) is 19.8 Å². The largest absolute Gasteiger partial charge is 0.314 e.